The molecule has 1 aromatic rings. The SMILES string of the molecule is CC1C(=O)N(Cl)CC1c1ccccc1. The summed E-state index contributed by atoms with van der Waals surface area (Å²) in [5.74, 6) is 0.261. The summed E-state index contributed by atoms with van der Waals surface area (Å²) in [4.78, 5) is 11.5. The lowest BCUT2D eigenvalue weighted by Gasteiger charge is -2.11. The number of carbonyl (C=O) groups excluding carboxylic acids is 1. The molecule has 0 aromatic heterocycles. The van der Waals surface area contributed by atoms with E-state index in [1.807, 2.05) is 37.3 Å². The monoisotopic (exact) mass is 209 g/mol. The van der Waals surface area contributed by atoms with Gasteiger partial charge >= 0.3 is 0 Å². The molecule has 1 amide bonds. The van der Waals surface area contributed by atoms with Crippen molar-refractivity contribution in [1.82, 2.24) is 4.42 Å². The van der Waals surface area contributed by atoms with Gasteiger partial charge in [0.05, 0.1) is 0 Å². The van der Waals surface area contributed by atoms with Crippen LogP contribution in [-0.2, 0) is 4.79 Å². The third-order valence-electron chi connectivity index (χ3n) is 2.82. The molecule has 2 atom stereocenters. The first-order chi connectivity index (χ1) is 6.70. The second kappa shape index (κ2) is 3.62. The van der Waals surface area contributed by atoms with E-state index in [0.717, 1.165) is 0 Å². The maximum atomic E-state index is 11.5. The van der Waals surface area contributed by atoms with E-state index < -0.39 is 0 Å². The van der Waals surface area contributed by atoms with Crippen LogP contribution in [-0.4, -0.2) is 16.9 Å². The Labute approximate surface area is 88.6 Å². The van der Waals surface area contributed by atoms with E-state index >= 15 is 0 Å². The highest BCUT2D eigenvalue weighted by Gasteiger charge is 2.37. The Bertz CT molecular complexity index is 338. The van der Waals surface area contributed by atoms with Crippen LogP contribution in [0.2, 0.25) is 0 Å². The zero-order valence-electron chi connectivity index (χ0n) is 7.98. The van der Waals surface area contributed by atoms with Crippen LogP contribution in [0.5, 0.6) is 0 Å². The van der Waals surface area contributed by atoms with Crippen molar-refractivity contribution < 1.29 is 4.79 Å². The molecule has 0 spiro atoms. The number of rotatable bonds is 1. The van der Waals surface area contributed by atoms with Gasteiger partial charge in [-0.15, -0.1) is 0 Å². The van der Waals surface area contributed by atoms with E-state index in [9.17, 15) is 4.79 Å². The zero-order chi connectivity index (χ0) is 10.1. The number of hydrogen-bond donors (Lipinski definition) is 0. The molecule has 0 aliphatic carbocycles. The molecular formula is C11H12ClNO. The molecular weight excluding hydrogens is 198 g/mol. The molecule has 1 aliphatic rings. The summed E-state index contributed by atoms with van der Waals surface area (Å²) in [6, 6.07) is 10.0. The molecule has 1 aliphatic heterocycles. The van der Waals surface area contributed by atoms with Crippen molar-refractivity contribution in [2.75, 3.05) is 6.54 Å². The van der Waals surface area contributed by atoms with Crippen LogP contribution in [0.15, 0.2) is 30.3 Å². The van der Waals surface area contributed by atoms with Crippen LogP contribution in [0.25, 0.3) is 0 Å². The van der Waals surface area contributed by atoms with Crippen molar-refractivity contribution in [2.45, 2.75) is 12.8 Å². The summed E-state index contributed by atoms with van der Waals surface area (Å²) in [6.45, 7) is 2.55. The molecule has 1 aromatic carbocycles. The van der Waals surface area contributed by atoms with Crippen molar-refractivity contribution in [3.63, 3.8) is 0 Å². The largest absolute Gasteiger partial charge is 0.273 e. The van der Waals surface area contributed by atoms with Crippen molar-refractivity contribution >= 4 is 17.7 Å². The van der Waals surface area contributed by atoms with Gasteiger partial charge in [0.1, 0.15) is 0 Å². The third-order valence-corrected chi connectivity index (χ3v) is 3.12. The standard InChI is InChI=1S/C11H12ClNO/c1-8-10(7-13(12)11(8)14)9-5-3-2-4-6-9/h2-6,8,10H,7H2,1H3. The van der Waals surface area contributed by atoms with Gasteiger partial charge in [-0.25, -0.2) is 0 Å². The maximum absolute atomic E-state index is 11.5. The average Bonchev–Trinajstić information content (AvgIpc) is 2.47. The Morgan fingerprint density at radius 1 is 1.36 bits per heavy atom. The molecule has 0 N–H and O–H groups in total. The Balaban J connectivity index is 2.26. The van der Waals surface area contributed by atoms with Crippen LogP contribution in [0, 0.1) is 5.92 Å². The van der Waals surface area contributed by atoms with Crippen LogP contribution in [0.1, 0.15) is 18.4 Å². The summed E-state index contributed by atoms with van der Waals surface area (Å²) in [5, 5.41) is 0. The summed E-state index contributed by atoms with van der Waals surface area (Å²) in [5.41, 5.74) is 1.19. The normalized spacial score (nSPS) is 27.0. The van der Waals surface area contributed by atoms with Crippen molar-refractivity contribution in [3.05, 3.63) is 35.9 Å². The van der Waals surface area contributed by atoms with Crippen LogP contribution < -0.4 is 0 Å². The van der Waals surface area contributed by atoms with E-state index in [4.69, 9.17) is 11.8 Å². The number of halogens is 1. The van der Waals surface area contributed by atoms with E-state index in [1.165, 1.54) is 9.98 Å². The highest BCUT2D eigenvalue weighted by molar-refractivity contribution is 6.22. The quantitative estimate of drug-likeness (QED) is 0.651. The van der Waals surface area contributed by atoms with Gasteiger partial charge < -0.3 is 0 Å². The van der Waals surface area contributed by atoms with E-state index in [2.05, 4.69) is 0 Å². The predicted octanol–water partition coefficient (Wildman–Crippen LogP) is 2.40. The summed E-state index contributed by atoms with van der Waals surface area (Å²) in [7, 11) is 0. The van der Waals surface area contributed by atoms with E-state index in [-0.39, 0.29) is 17.7 Å². The highest BCUT2D eigenvalue weighted by atomic mass is 35.5. The second-order valence-electron chi connectivity index (χ2n) is 3.69. The minimum atomic E-state index is -0.00472. The van der Waals surface area contributed by atoms with Crippen LogP contribution >= 0.6 is 11.8 Å². The van der Waals surface area contributed by atoms with Crippen LogP contribution in [0.3, 0.4) is 0 Å². The first-order valence-corrected chi connectivity index (χ1v) is 5.06. The molecule has 1 fully saturated rings. The fraction of sp³-hybridized carbons (Fsp3) is 0.364. The molecule has 14 heavy (non-hydrogen) atoms. The summed E-state index contributed by atoms with van der Waals surface area (Å²) in [6.07, 6.45) is 0. The van der Waals surface area contributed by atoms with Gasteiger partial charge in [-0.1, -0.05) is 37.3 Å². The lowest BCUT2D eigenvalue weighted by Crippen LogP contribution is -2.15. The first-order valence-electron chi connectivity index (χ1n) is 4.72. The lowest BCUT2D eigenvalue weighted by atomic mass is 9.90. The fourth-order valence-electron chi connectivity index (χ4n) is 1.91. The number of benzene rings is 1. The molecule has 3 heteroatoms. The molecule has 0 saturated carbocycles. The van der Waals surface area contributed by atoms with Gasteiger partial charge in [-0.05, 0) is 5.56 Å². The smallest absolute Gasteiger partial charge is 0.240 e. The lowest BCUT2D eigenvalue weighted by molar-refractivity contribution is -0.126. The Morgan fingerprint density at radius 2 is 2.00 bits per heavy atom. The molecule has 2 rings (SSSR count). The predicted molar refractivity (Wildman–Crippen MR) is 55.9 cm³/mol. The summed E-state index contributed by atoms with van der Waals surface area (Å²) < 4.78 is 1.29. The third kappa shape index (κ3) is 1.50. The minimum absolute atomic E-state index is 0.00472. The Hall–Kier alpha value is -1.02. The van der Waals surface area contributed by atoms with Crippen molar-refractivity contribution in [1.29, 1.82) is 0 Å². The number of nitrogens with zero attached hydrogens (tertiary/aromatic N) is 1. The zero-order valence-corrected chi connectivity index (χ0v) is 8.74. The number of hydrogen-bond acceptors (Lipinski definition) is 1. The van der Waals surface area contributed by atoms with Gasteiger partial charge in [-0.3, -0.25) is 9.21 Å². The number of amides is 1. The maximum Gasteiger partial charge on any atom is 0.240 e. The van der Waals surface area contributed by atoms with E-state index in [1.54, 1.807) is 0 Å². The first kappa shape index (κ1) is 9.53. The molecule has 1 heterocycles. The van der Waals surface area contributed by atoms with Gasteiger partial charge in [-0.2, -0.15) is 0 Å². The average molecular weight is 210 g/mol. The Morgan fingerprint density at radius 3 is 2.50 bits per heavy atom. The molecule has 0 bridgehead atoms. The molecule has 0 radical (unpaired) electrons. The van der Waals surface area contributed by atoms with Crippen molar-refractivity contribution in [3.8, 4) is 0 Å². The van der Waals surface area contributed by atoms with Crippen molar-refractivity contribution in [2.24, 2.45) is 5.92 Å². The highest BCUT2D eigenvalue weighted by Crippen LogP contribution is 2.33. The second-order valence-corrected chi connectivity index (χ2v) is 4.10. The minimum Gasteiger partial charge on any atom is -0.273 e. The summed E-state index contributed by atoms with van der Waals surface area (Å²) >= 11 is 5.79. The fourth-order valence-corrected chi connectivity index (χ4v) is 2.21. The van der Waals surface area contributed by atoms with Crippen LogP contribution in [0.4, 0.5) is 0 Å². The van der Waals surface area contributed by atoms with E-state index in [0.29, 0.717) is 6.54 Å². The van der Waals surface area contributed by atoms with Gasteiger partial charge in [0.15, 0.2) is 0 Å². The van der Waals surface area contributed by atoms with Gasteiger partial charge in [0.2, 0.25) is 5.91 Å². The van der Waals surface area contributed by atoms with Gasteiger partial charge in [0.25, 0.3) is 0 Å². The number of carbonyl (C=O) groups is 1. The van der Waals surface area contributed by atoms with Gasteiger partial charge in [0, 0.05) is 30.2 Å². The molecule has 2 nitrogen and oxygen atoms in total. The Kier molecular flexibility index (Phi) is 2.46. The molecule has 74 valence electrons. The molecule has 2 unspecified atom stereocenters. The molecule has 1 saturated heterocycles. The topological polar surface area (TPSA) is 20.3 Å².